The predicted octanol–water partition coefficient (Wildman–Crippen LogP) is 3.75. The van der Waals surface area contributed by atoms with E-state index in [9.17, 15) is 5.26 Å². The first-order valence-corrected chi connectivity index (χ1v) is 8.98. The number of fused-ring (bicyclic) bond motifs is 1. The van der Waals surface area contributed by atoms with Gasteiger partial charge in [0, 0.05) is 6.20 Å². The molecule has 0 amide bonds. The van der Waals surface area contributed by atoms with Gasteiger partial charge in [-0.15, -0.1) is 0 Å². The largest absolute Gasteiger partial charge is 0.463 e. The van der Waals surface area contributed by atoms with E-state index < -0.39 is 5.92 Å². The van der Waals surface area contributed by atoms with Gasteiger partial charge in [-0.2, -0.15) is 15.0 Å². The number of para-hydroxylation sites is 1. The fourth-order valence-electron chi connectivity index (χ4n) is 3.52. The van der Waals surface area contributed by atoms with Crippen LogP contribution in [0, 0.1) is 11.3 Å². The maximum Gasteiger partial charge on any atom is 0.229 e. The van der Waals surface area contributed by atoms with E-state index in [1.165, 1.54) is 0 Å². The summed E-state index contributed by atoms with van der Waals surface area (Å²) in [7, 11) is 0. The fraction of sp³-hybridized carbons (Fsp3) is 0.0455. The first-order valence-electron chi connectivity index (χ1n) is 8.98. The monoisotopic (exact) mass is 381 g/mol. The van der Waals surface area contributed by atoms with Gasteiger partial charge in [0.05, 0.1) is 29.1 Å². The Morgan fingerprint density at radius 2 is 1.86 bits per heavy atom. The van der Waals surface area contributed by atoms with Crippen LogP contribution in [0.2, 0.25) is 0 Å². The van der Waals surface area contributed by atoms with E-state index in [1.54, 1.807) is 23.2 Å². The van der Waals surface area contributed by atoms with Crippen LogP contribution in [0.25, 0.3) is 17.1 Å². The number of benzene rings is 1. The average Bonchev–Trinajstić information content (AvgIpc) is 3.42. The van der Waals surface area contributed by atoms with Crippen LogP contribution < -0.4 is 10.5 Å². The Hall–Kier alpha value is -4.31. The van der Waals surface area contributed by atoms with Gasteiger partial charge in [-0.05, 0) is 36.4 Å². The number of nitriles is 1. The molecule has 0 fully saturated rings. The highest BCUT2D eigenvalue weighted by molar-refractivity contribution is 5.68. The molecule has 7 heteroatoms. The Balaban J connectivity index is 1.83. The first kappa shape index (κ1) is 16.8. The normalized spacial score (nSPS) is 15.5. The number of furan rings is 1. The highest BCUT2D eigenvalue weighted by atomic mass is 16.5. The molecule has 1 atom stereocenters. The van der Waals surface area contributed by atoms with E-state index in [1.807, 2.05) is 54.6 Å². The Kier molecular flexibility index (Phi) is 3.88. The maximum atomic E-state index is 9.82. The van der Waals surface area contributed by atoms with Crippen molar-refractivity contribution in [2.24, 2.45) is 5.73 Å². The summed E-state index contributed by atoms with van der Waals surface area (Å²) >= 11 is 0. The third-order valence-corrected chi connectivity index (χ3v) is 4.79. The van der Waals surface area contributed by atoms with Gasteiger partial charge in [-0.3, -0.25) is 4.98 Å². The lowest BCUT2D eigenvalue weighted by molar-refractivity contribution is 0.366. The van der Waals surface area contributed by atoms with Crippen molar-refractivity contribution in [2.45, 2.75) is 5.92 Å². The topological polar surface area (TPSA) is 103 Å². The van der Waals surface area contributed by atoms with E-state index in [4.69, 9.17) is 20.0 Å². The molecule has 140 valence electrons. The Morgan fingerprint density at radius 1 is 1.03 bits per heavy atom. The zero-order chi connectivity index (χ0) is 19.8. The van der Waals surface area contributed by atoms with Crippen molar-refractivity contribution in [1.82, 2.24) is 14.8 Å². The van der Waals surface area contributed by atoms with Crippen molar-refractivity contribution < 1.29 is 9.15 Å². The summed E-state index contributed by atoms with van der Waals surface area (Å²) in [5, 5.41) is 14.6. The van der Waals surface area contributed by atoms with Crippen molar-refractivity contribution in [3.63, 3.8) is 0 Å². The van der Waals surface area contributed by atoms with Crippen LogP contribution in [0.4, 0.5) is 0 Å². The third-order valence-electron chi connectivity index (χ3n) is 4.79. The molecule has 3 aromatic heterocycles. The summed E-state index contributed by atoms with van der Waals surface area (Å²) in [5.41, 5.74) is 9.18. The molecular weight excluding hydrogens is 366 g/mol. The van der Waals surface area contributed by atoms with Crippen molar-refractivity contribution in [3.8, 4) is 29.1 Å². The molecule has 1 aliphatic heterocycles. The summed E-state index contributed by atoms with van der Waals surface area (Å²) in [6.07, 6.45) is 3.27. The van der Waals surface area contributed by atoms with E-state index in [0.29, 0.717) is 28.6 Å². The molecule has 1 unspecified atom stereocenters. The smallest absolute Gasteiger partial charge is 0.229 e. The summed E-state index contributed by atoms with van der Waals surface area (Å²) in [6.45, 7) is 0. The lowest BCUT2D eigenvalue weighted by Crippen LogP contribution is -2.22. The van der Waals surface area contributed by atoms with Crippen LogP contribution >= 0.6 is 0 Å². The molecular formula is C22H15N5O2. The maximum absolute atomic E-state index is 9.82. The van der Waals surface area contributed by atoms with Gasteiger partial charge in [0.2, 0.25) is 11.8 Å². The van der Waals surface area contributed by atoms with Crippen LogP contribution in [-0.2, 0) is 0 Å². The minimum absolute atomic E-state index is 0.0405. The summed E-state index contributed by atoms with van der Waals surface area (Å²) in [6, 6.07) is 20.9. The highest BCUT2D eigenvalue weighted by Gasteiger charge is 2.38. The number of allylic oxidation sites excluding steroid dienone is 1. The van der Waals surface area contributed by atoms with Crippen molar-refractivity contribution in [2.75, 3.05) is 0 Å². The molecule has 7 nitrogen and oxygen atoms in total. The molecule has 0 saturated carbocycles. The number of pyridine rings is 1. The molecule has 1 aromatic carbocycles. The summed E-state index contributed by atoms with van der Waals surface area (Å²) in [4.78, 5) is 4.47. The molecule has 29 heavy (non-hydrogen) atoms. The second-order valence-electron chi connectivity index (χ2n) is 6.47. The minimum Gasteiger partial charge on any atom is -0.463 e. The number of hydrogen-bond donors (Lipinski definition) is 1. The van der Waals surface area contributed by atoms with E-state index in [-0.39, 0.29) is 11.5 Å². The highest BCUT2D eigenvalue weighted by Crippen LogP contribution is 2.47. The van der Waals surface area contributed by atoms with Gasteiger partial charge in [0.25, 0.3) is 0 Å². The lowest BCUT2D eigenvalue weighted by atomic mass is 9.86. The van der Waals surface area contributed by atoms with Crippen LogP contribution in [0.15, 0.2) is 89.0 Å². The van der Waals surface area contributed by atoms with E-state index in [0.717, 1.165) is 5.69 Å². The number of nitrogens with two attached hydrogens (primary N) is 1. The fourth-order valence-corrected chi connectivity index (χ4v) is 3.52. The number of rotatable bonds is 3. The van der Waals surface area contributed by atoms with Crippen molar-refractivity contribution >= 4 is 0 Å². The number of aromatic nitrogens is 3. The SMILES string of the molecule is N#CC1=C(N)Oc2c(c(-c3ccco3)nn2-c2ccccc2)C1c1ccccn1. The molecule has 2 N–H and O–H groups in total. The Labute approximate surface area is 166 Å². The Morgan fingerprint density at radius 3 is 2.55 bits per heavy atom. The van der Waals surface area contributed by atoms with Crippen LogP contribution in [0.3, 0.4) is 0 Å². The molecule has 4 aromatic rings. The molecule has 0 aliphatic carbocycles. The second kappa shape index (κ2) is 6.69. The second-order valence-corrected chi connectivity index (χ2v) is 6.47. The zero-order valence-electron chi connectivity index (χ0n) is 15.2. The molecule has 5 rings (SSSR count). The predicted molar refractivity (Wildman–Crippen MR) is 105 cm³/mol. The number of ether oxygens (including phenoxy) is 1. The quantitative estimate of drug-likeness (QED) is 0.580. The molecule has 0 spiro atoms. The standard InChI is InChI=1S/C22H15N5O2/c23-13-15-18(16-9-4-5-11-25-16)19-20(17-10-6-12-28-17)26-27(22(19)29-21(15)24)14-7-2-1-3-8-14/h1-12,18H,24H2. The van der Waals surface area contributed by atoms with Gasteiger partial charge in [0.1, 0.15) is 17.3 Å². The minimum atomic E-state index is -0.525. The van der Waals surface area contributed by atoms with Crippen molar-refractivity contribution in [3.05, 3.63) is 95.8 Å². The van der Waals surface area contributed by atoms with Crippen molar-refractivity contribution in [1.29, 1.82) is 5.26 Å². The van der Waals surface area contributed by atoms with Gasteiger partial charge < -0.3 is 14.9 Å². The number of hydrogen-bond acceptors (Lipinski definition) is 6. The first-order chi connectivity index (χ1) is 14.3. The molecule has 0 bridgehead atoms. The summed E-state index contributed by atoms with van der Waals surface area (Å²) in [5.74, 6) is 0.522. The van der Waals surface area contributed by atoms with Gasteiger partial charge in [-0.1, -0.05) is 24.3 Å². The third kappa shape index (κ3) is 2.66. The van der Waals surface area contributed by atoms with E-state index in [2.05, 4.69) is 11.1 Å². The zero-order valence-corrected chi connectivity index (χ0v) is 15.2. The summed E-state index contributed by atoms with van der Waals surface area (Å²) < 4.78 is 13.2. The van der Waals surface area contributed by atoms with Crippen LogP contribution in [-0.4, -0.2) is 14.8 Å². The van der Waals surface area contributed by atoms with E-state index >= 15 is 0 Å². The van der Waals surface area contributed by atoms with Gasteiger partial charge >= 0.3 is 0 Å². The Bertz CT molecular complexity index is 1240. The van der Waals surface area contributed by atoms with Crippen LogP contribution in [0.1, 0.15) is 17.2 Å². The molecule has 0 saturated heterocycles. The average molecular weight is 381 g/mol. The molecule has 0 radical (unpaired) electrons. The van der Waals surface area contributed by atoms with Crippen LogP contribution in [0.5, 0.6) is 5.88 Å². The van der Waals surface area contributed by atoms with Gasteiger partial charge in [0.15, 0.2) is 5.76 Å². The number of nitrogens with zero attached hydrogens (tertiary/aromatic N) is 4. The van der Waals surface area contributed by atoms with Gasteiger partial charge in [-0.25, -0.2) is 0 Å². The lowest BCUT2D eigenvalue weighted by Gasteiger charge is -2.24. The molecule has 1 aliphatic rings. The molecule has 4 heterocycles.